The zero-order valence-electron chi connectivity index (χ0n) is 8.44. The molecule has 0 fully saturated rings. The molecule has 0 spiro atoms. The first-order valence-electron chi connectivity index (χ1n) is 4.71. The van der Waals surface area contributed by atoms with Gasteiger partial charge in [-0.25, -0.2) is 0 Å². The maximum atomic E-state index is 9.49. The van der Waals surface area contributed by atoms with Crippen LogP contribution < -0.4 is 0 Å². The average molecular weight is 208 g/mol. The van der Waals surface area contributed by atoms with Crippen molar-refractivity contribution in [3.63, 3.8) is 0 Å². The Morgan fingerprint density at radius 1 is 1.57 bits per heavy atom. The molecule has 0 saturated carbocycles. The summed E-state index contributed by atoms with van der Waals surface area (Å²) in [6, 6.07) is 8.31. The highest BCUT2D eigenvalue weighted by Crippen LogP contribution is 2.20. The number of aryl methyl sites for hydroxylation is 1. The van der Waals surface area contributed by atoms with Crippen LogP contribution in [0, 0.1) is 6.92 Å². The van der Waals surface area contributed by atoms with E-state index in [1.165, 1.54) is 10.5 Å². The second kappa shape index (κ2) is 5.89. The van der Waals surface area contributed by atoms with Crippen molar-refractivity contribution in [2.75, 3.05) is 5.75 Å². The summed E-state index contributed by atoms with van der Waals surface area (Å²) in [7, 11) is 0. The molecule has 14 heavy (non-hydrogen) atoms. The molecule has 2 heteroatoms. The van der Waals surface area contributed by atoms with Gasteiger partial charge in [0.1, 0.15) is 0 Å². The molecule has 0 amide bonds. The molecule has 0 saturated heterocycles. The lowest BCUT2D eigenvalue weighted by atomic mass is 10.2. The fourth-order valence-electron chi connectivity index (χ4n) is 1.16. The van der Waals surface area contributed by atoms with Crippen molar-refractivity contribution in [1.82, 2.24) is 0 Å². The maximum Gasteiger partial charge on any atom is 0.0668 e. The number of hydrogen-bond donors (Lipinski definition) is 1. The standard InChI is InChI=1S/C12H16OS/c1-3-5-11(13)9-14-12-7-4-6-10(2)8-12/h3-4,6-8,11,13H,1,5,9H2,2H3. The van der Waals surface area contributed by atoms with Crippen molar-refractivity contribution in [3.05, 3.63) is 42.5 Å². The Bertz CT molecular complexity index is 296. The molecule has 0 aromatic heterocycles. The van der Waals surface area contributed by atoms with Crippen LogP contribution in [0.15, 0.2) is 41.8 Å². The van der Waals surface area contributed by atoms with Gasteiger partial charge in [0.15, 0.2) is 0 Å². The topological polar surface area (TPSA) is 20.2 Å². The van der Waals surface area contributed by atoms with Crippen molar-refractivity contribution in [2.24, 2.45) is 0 Å². The number of thioether (sulfide) groups is 1. The number of hydrogen-bond acceptors (Lipinski definition) is 2. The van der Waals surface area contributed by atoms with Gasteiger partial charge >= 0.3 is 0 Å². The molecule has 1 nitrogen and oxygen atoms in total. The minimum Gasteiger partial charge on any atom is -0.392 e. The predicted molar refractivity (Wildman–Crippen MR) is 62.7 cm³/mol. The van der Waals surface area contributed by atoms with Gasteiger partial charge in [0.25, 0.3) is 0 Å². The summed E-state index contributed by atoms with van der Waals surface area (Å²) in [5.41, 5.74) is 1.26. The minimum absolute atomic E-state index is 0.280. The number of aliphatic hydroxyl groups excluding tert-OH is 1. The van der Waals surface area contributed by atoms with E-state index in [1.807, 2.05) is 6.07 Å². The normalized spacial score (nSPS) is 12.4. The van der Waals surface area contributed by atoms with Crippen LogP contribution in [0.25, 0.3) is 0 Å². The molecule has 1 unspecified atom stereocenters. The summed E-state index contributed by atoms with van der Waals surface area (Å²) in [5, 5.41) is 9.49. The molecule has 1 aromatic rings. The van der Waals surface area contributed by atoms with E-state index < -0.39 is 0 Å². The van der Waals surface area contributed by atoms with Crippen LogP contribution in [0.1, 0.15) is 12.0 Å². The monoisotopic (exact) mass is 208 g/mol. The van der Waals surface area contributed by atoms with Crippen molar-refractivity contribution in [2.45, 2.75) is 24.3 Å². The van der Waals surface area contributed by atoms with E-state index in [0.29, 0.717) is 6.42 Å². The fraction of sp³-hybridized carbons (Fsp3) is 0.333. The third-order valence-corrected chi connectivity index (χ3v) is 3.01. The highest BCUT2D eigenvalue weighted by molar-refractivity contribution is 7.99. The van der Waals surface area contributed by atoms with Gasteiger partial charge in [-0.2, -0.15) is 0 Å². The van der Waals surface area contributed by atoms with Gasteiger partial charge in [-0.15, -0.1) is 18.3 Å². The molecule has 1 aromatic carbocycles. The molecule has 1 N–H and O–H groups in total. The zero-order chi connectivity index (χ0) is 10.4. The summed E-state index contributed by atoms with van der Waals surface area (Å²) in [6.07, 6.45) is 2.14. The molecule has 0 heterocycles. The van der Waals surface area contributed by atoms with Gasteiger partial charge in [0.05, 0.1) is 6.10 Å². The largest absolute Gasteiger partial charge is 0.392 e. The Balaban J connectivity index is 2.41. The molecule has 0 aliphatic carbocycles. The SMILES string of the molecule is C=CCC(O)CSc1cccc(C)c1. The Morgan fingerprint density at radius 3 is 3.00 bits per heavy atom. The van der Waals surface area contributed by atoms with Gasteiger partial charge in [-0.1, -0.05) is 23.8 Å². The molecule has 0 aliphatic rings. The van der Waals surface area contributed by atoms with Crippen molar-refractivity contribution in [1.29, 1.82) is 0 Å². The van der Waals surface area contributed by atoms with E-state index >= 15 is 0 Å². The van der Waals surface area contributed by atoms with Crippen molar-refractivity contribution >= 4 is 11.8 Å². The third kappa shape index (κ3) is 3.99. The van der Waals surface area contributed by atoms with Crippen LogP contribution in [0.4, 0.5) is 0 Å². The van der Waals surface area contributed by atoms with E-state index in [-0.39, 0.29) is 6.10 Å². The second-order valence-electron chi connectivity index (χ2n) is 3.31. The van der Waals surface area contributed by atoms with Gasteiger partial charge < -0.3 is 5.11 Å². The van der Waals surface area contributed by atoms with Gasteiger partial charge in [-0.05, 0) is 25.5 Å². The highest BCUT2D eigenvalue weighted by atomic mass is 32.2. The Hall–Kier alpha value is -0.730. The van der Waals surface area contributed by atoms with E-state index in [1.54, 1.807) is 17.8 Å². The Morgan fingerprint density at radius 2 is 2.36 bits per heavy atom. The van der Waals surface area contributed by atoms with Crippen LogP contribution in [0.5, 0.6) is 0 Å². The van der Waals surface area contributed by atoms with Gasteiger partial charge in [0.2, 0.25) is 0 Å². The smallest absolute Gasteiger partial charge is 0.0668 e. The molecule has 76 valence electrons. The van der Waals surface area contributed by atoms with E-state index in [0.717, 1.165) is 5.75 Å². The Kier molecular flexibility index (Phi) is 4.77. The maximum absolute atomic E-state index is 9.49. The van der Waals surface area contributed by atoms with E-state index in [4.69, 9.17) is 0 Å². The first-order valence-corrected chi connectivity index (χ1v) is 5.69. The molecule has 1 atom stereocenters. The Labute approximate surface area is 89.8 Å². The molecule has 0 radical (unpaired) electrons. The quantitative estimate of drug-likeness (QED) is 0.593. The number of aliphatic hydroxyl groups is 1. The summed E-state index contributed by atoms with van der Waals surface area (Å²) in [5.74, 6) is 0.732. The van der Waals surface area contributed by atoms with Gasteiger partial charge in [-0.3, -0.25) is 0 Å². The zero-order valence-corrected chi connectivity index (χ0v) is 9.26. The second-order valence-corrected chi connectivity index (χ2v) is 4.40. The summed E-state index contributed by atoms with van der Waals surface area (Å²) in [4.78, 5) is 1.22. The van der Waals surface area contributed by atoms with Crippen LogP contribution in [-0.4, -0.2) is 17.0 Å². The number of rotatable bonds is 5. The van der Waals surface area contributed by atoms with Crippen LogP contribution in [0.2, 0.25) is 0 Å². The average Bonchev–Trinajstić information content (AvgIpc) is 2.15. The minimum atomic E-state index is -0.280. The lowest BCUT2D eigenvalue weighted by molar-refractivity contribution is 0.203. The highest BCUT2D eigenvalue weighted by Gasteiger charge is 2.02. The number of benzene rings is 1. The molecule has 0 aliphatic heterocycles. The van der Waals surface area contributed by atoms with E-state index in [9.17, 15) is 5.11 Å². The summed E-state index contributed by atoms with van der Waals surface area (Å²) >= 11 is 1.68. The summed E-state index contributed by atoms with van der Waals surface area (Å²) in [6.45, 7) is 5.67. The summed E-state index contributed by atoms with van der Waals surface area (Å²) < 4.78 is 0. The first-order chi connectivity index (χ1) is 6.72. The molecule has 1 rings (SSSR count). The predicted octanol–water partition coefficient (Wildman–Crippen LogP) is 3.02. The van der Waals surface area contributed by atoms with Crippen molar-refractivity contribution in [3.8, 4) is 0 Å². The lowest BCUT2D eigenvalue weighted by Crippen LogP contribution is -2.07. The van der Waals surface area contributed by atoms with Crippen LogP contribution in [0.3, 0.4) is 0 Å². The molecular weight excluding hydrogens is 192 g/mol. The van der Waals surface area contributed by atoms with Gasteiger partial charge in [0, 0.05) is 10.6 Å². The van der Waals surface area contributed by atoms with Crippen LogP contribution in [-0.2, 0) is 0 Å². The van der Waals surface area contributed by atoms with Crippen LogP contribution >= 0.6 is 11.8 Å². The molecule has 0 bridgehead atoms. The lowest BCUT2D eigenvalue weighted by Gasteiger charge is -2.07. The molecular formula is C12H16OS. The fourth-order valence-corrected chi connectivity index (χ4v) is 2.12. The first kappa shape index (κ1) is 11.3. The third-order valence-electron chi connectivity index (χ3n) is 1.87. The van der Waals surface area contributed by atoms with Crippen molar-refractivity contribution < 1.29 is 5.11 Å². The van der Waals surface area contributed by atoms with E-state index in [2.05, 4.69) is 31.7 Å².